The molecule has 1 N–H and O–H groups in total. The van der Waals surface area contributed by atoms with Crippen LogP contribution in [-0.4, -0.2) is 41.1 Å². The Labute approximate surface area is 161 Å². The minimum Gasteiger partial charge on any atom is -0.444 e. The van der Waals surface area contributed by atoms with Crippen molar-refractivity contribution in [2.75, 3.05) is 13.1 Å². The van der Waals surface area contributed by atoms with E-state index < -0.39 is 17.2 Å². The first-order valence-corrected chi connectivity index (χ1v) is 9.55. The van der Waals surface area contributed by atoms with Crippen LogP contribution < -0.4 is 5.32 Å². The van der Waals surface area contributed by atoms with E-state index in [2.05, 4.69) is 17.4 Å². The molecule has 2 aliphatic rings. The fraction of sp³-hybridized carbons (Fsp3) is 0.619. The number of hydrogen-bond acceptors (Lipinski definition) is 4. The quantitative estimate of drug-likeness (QED) is 0.862. The van der Waals surface area contributed by atoms with Gasteiger partial charge in [0.15, 0.2) is 0 Å². The lowest BCUT2D eigenvalue weighted by Crippen LogP contribution is -2.58. The SMILES string of the molecule is CC(C)(C)OC(=O)NC(C)(C)C(=O)N1CCC2(CC1)OCc1ccccc12. The fourth-order valence-corrected chi connectivity index (χ4v) is 3.88. The molecular formula is C21H30N2O4. The number of nitrogens with zero attached hydrogens (tertiary/aromatic N) is 1. The average Bonchev–Trinajstić information content (AvgIpc) is 2.92. The third-order valence-corrected chi connectivity index (χ3v) is 5.22. The van der Waals surface area contributed by atoms with E-state index in [4.69, 9.17) is 9.47 Å². The van der Waals surface area contributed by atoms with Crippen molar-refractivity contribution in [3.05, 3.63) is 35.4 Å². The Morgan fingerprint density at radius 3 is 2.37 bits per heavy atom. The number of benzene rings is 1. The van der Waals surface area contributed by atoms with Crippen LogP contribution in [0.2, 0.25) is 0 Å². The molecular weight excluding hydrogens is 344 g/mol. The minimum absolute atomic E-state index is 0.102. The molecule has 0 radical (unpaired) electrons. The van der Waals surface area contributed by atoms with Gasteiger partial charge < -0.3 is 19.7 Å². The van der Waals surface area contributed by atoms with Crippen molar-refractivity contribution in [1.82, 2.24) is 10.2 Å². The van der Waals surface area contributed by atoms with Crippen molar-refractivity contribution in [2.24, 2.45) is 0 Å². The molecule has 0 atom stereocenters. The van der Waals surface area contributed by atoms with Crippen LogP contribution >= 0.6 is 0 Å². The Kier molecular flexibility index (Phi) is 4.97. The Bertz CT molecular complexity index is 728. The summed E-state index contributed by atoms with van der Waals surface area (Å²) in [6.07, 6.45) is 0.943. The third-order valence-electron chi connectivity index (χ3n) is 5.22. The zero-order chi connectivity index (χ0) is 19.9. The van der Waals surface area contributed by atoms with Crippen LogP contribution in [0.25, 0.3) is 0 Å². The first kappa shape index (κ1) is 19.7. The maximum Gasteiger partial charge on any atom is 0.408 e. The van der Waals surface area contributed by atoms with E-state index in [1.165, 1.54) is 11.1 Å². The van der Waals surface area contributed by atoms with Crippen LogP contribution in [0.1, 0.15) is 58.6 Å². The van der Waals surface area contributed by atoms with E-state index in [1.807, 2.05) is 17.0 Å². The van der Waals surface area contributed by atoms with E-state index in [0.29, 0.717) is 19.7 Å². The number of piperidine rings is 1. The first-order valence-electron chi connectivity index (χ1n) is 9.55. The van der Waals surface area contributed by atoms with Crippen molar-refractivity contribution in [2.45, 2.75) is 70.8 Å². The number of carbonyl (C=O) groups excluding carboxylic acids is 2. The number of nitrogens with one attached hydrogen (secondary N) is 1. The van der Waals surface area contributed by atoms with Crippen molar-refractivity contribution in [1.29, 1.82) is 0 Å². The van der Waals surface area contributed by atoms with Crippen molar-refractivity contribution in [3.8, 4) is 0 Å². The number of likely N-dealkylation sites (tertiary alicyclic amines) is 1. The second kappa shape index (κ2) is 6.82. The highest BCUT2D eigenvalue weighted by atomic mass is 16.6. The van der Waals surface area contributed by atoms with Gasteiger partial charge in [-0.15, -0.1) is 0 Å². The van der Waals surface area contributed by atoms with Gasteiger partial charge >= 0.3 is 6.09 Å². The predicted octanol–water partition coefficient (Wildman–Crippen LogP) is 3.34. The normalized spacial score (nSPS) is 18.9. The maximum atomic E-state index is 13.0. The van der Waals surface area contributed by atoms with Crippen LogP contribution in [0.5, 0.6) is 0 Å². The van der Waals surface area contributed by atoms with E-state index in [-0.39, 0.29) is 11.5 Å². The van der Waals surface area contributed by atoms with Crippen LogP contribution in [0, 0.1) is 0 Å². The summed E-state index contributed by atoms with van der Waals surface area (Å²) < 4.78 is 11.4. The van der Waals surface area contributed by atoms with Gasteiger partial charge in [0.05, 0.1) is 12.2 Å². The Balaban J connectivity index is 1.62. The molecule has 0 bridgehead atoms. The molecule has 1 fully saturated rings. The number of alkyl carbamates (subject to hydrolysis) is 1. The van der Waals surface area contributed by atoms with Crippen LogP contribution in [0.4, 0.5) is 4.79 Å². The first-order chi connectivity index (χ1) is 12.5. The summed E-state index contributed by atoms with van der Waals surface area (Å²) in [5.41, 5.74) is 0.582. The van der Waals surface area contributed by atoms with Gasteiger partial charge in [-0.2, -0.15) is 0 Å². The Morgan fingerprint density at radius 1 is 1.11 bits per heavy atom. The van der Waals surface area contributed by atoms with Gasteiger partial charge in [-0.1, -0.05) is 24.3 Å². The van der Waals surface area contributed by atoms with Crippen molar-refractivity contribution in [3.63, 3.8) is 0 Å². The molecule has 148 valence electrons. The topological polar surface area (TPSA) is 67.9 Å². The second-order valence-electron chi connectivity index (χ2n) is 8.98. The largest absolute Gasteiger partial charge is 0.444 e. The number of ether oxygens (including phenoxy) is 2. The van der Waals surface area contributed by atoms with E-state index in [1.54, 1.807) is 34.6 Å². The zero-order valence-electron chi connectivity index (χ0n) is 16.9. The van der Waals surface area contributed by atoms with Crippen LogP contribution in [0.15, 0.2) is 24.3 Å². The number of fused-ring (bicyclic) bond motifs is 2. The third kappa shape index (κ3) is 4.10. The smallest absolute Gasteiger partial charge is 0.408 e. The molecule has 0 aromatic heterocycles. The zero-order valence-corrected chi connectivity index (χ0v) is 16.9. The van der Waals surface area contributed by atoms with Gasteiger partial charge in [0.1, 0.15) is 11.1 Å². The van der Waals surface area contributed by atoms with Crippen molar-refractivity contribution >= 4 is 12.0 Å². The van der Waals surface area contributed by atoms with Crippen molar-refractivity contribution < 1.29 is 19.1 Å². The molecule has 1 saturated heterocycles. The monoisotopic (exact) mass is 374 g/mol. The van der Waals surface area contributed by atoms with Gasteiger partial charge in [-0.25, -0.2) is 4.79 Å². The van der Waals surface area contributed by atoms with Gasteiger partial charge in [-0.05, 0) is 58.6 Å². The van der Waals surface area contributed by atoms with Gasteiger partial charge in [-0.3, -0.25) is 4.79 Å². The molecule has 2 heterocycles. The predicted molar refractivity (Wildman–Crippen MR) is 102 cm³/mol. The lowest BCUT2D eigenvalue weighted by Gasteiger charge is -2.41. The summed E-state index contributed by atoms with van der Waals surface area (Å²) in [5.74, 6) is -0.102. The Hall–Kier alpha value is -2.08. The van der Waals surface area contributed by atoms with Gasteiger partial charge in [0, 0.05) is 13.1 Å². The highest BCUT2D eigenvalue weighted by Crippen LogP contribution is 2.44. The fourth-order valence-electron chi connectivity index (χ4n) is 3.88. The molecule has 6 heteroatoms. The highest BCUT2D eigenvalue weighted by Gasteiger charge is 2.45. The Morgan fingerprint density at radius 2 is 1.74 bits per heavy atom. The summed E-state index contributed by atoms with van der Waals surface area (Å²) in [7, 11) is 0. The number of rotatable bonds is 2. The van der Waals surface area contributed by atoms with Crippen LogP contribution in [0.3, 0.4) is 0 Å². The summed E-state index contributed by atoms with van der Waals surface area (Å²) >= 11 is 0. The molecule has 2 aliphatic heterocycles. The standard InChI is InChI=1S/C21H30N2O4/c1-19(2,3)27-18(25)22-20(4,5)17(24)23-12-10-21(11-13-23)16-9-7-6-8-15(16)14-26-21/h6-9H,10-14H2,1-5H3,(H,22,25). The van der Waals surface area contributed by atoms with Gasteiger partial charge in [0.25, 0.3) is 0 Å². The van der Waals surface area contributed by atoms with Crippen LogP contribution in [-0.2, 0) is 26.5 Å². The molecule has 1 spiro atoms. The molecule has 0 saturated carbocycles. The molecule has 3 rings (SSSR count). The summed E-state index contributed by atoms with van der Waals surface area (Å²) in [4.78, 5) is 26.9. The summed E-state index contributed by atoms with van der Waals surface area (Å²) in [6.45, 7) is 10.7. The van der Waals surface area contributed by atoms with Gasteiger partial charge in [0.2, 0.25) is 5.91 Å². The van der Waals surface area contributed by atoms with E-state index in [0.717, 1.165) is 12.8 Å². The molecule has 2 amide bonds. The number of carbonyl (C=O) groups is 2. The highest BCUT2D eigenvalue weighted by molar-refractivity contribution is 5.89. The average molecular weight is 374 g/mol. The minimum atomic E-state index is -1.03. The number of hydrogen-bond donors (Lipinski definition) is 1. The van der Waals surface area contributed by atoms with E-state index in [9.17, 15) is 9.59 Å². The van der Waals surface area contributed by atoms with E-state index >= 15 is 0 Å². The molecule has 27 heavy (non-hydrogen) atoms. The molecule has 1 aromatic carbocycles. The second-order valence-corrected chi connectivity index (χ2v) is 8.98. The lowest BCUT2D eigenvalue weighted by atomic mass is 9.83. The maximum absolute atomic E-state index is 13.0. The molecule has 1 aromatic rings. The summed E-state index contributed by atoms with van der Waals surface area (Å²) in [6, 6.07) is 8.31. The molecule has 0 aliphatic carbocycles. The molecule has 0 unspecified atom stereocenters. The molecule has 6 nitrogen and oxygen atoms in total. The number of amides is 2. The lowest BCUT2D eigenvalue weighted by molar-refractivity contribution is -0.144. The summed E-state index contributed by atoms with van der Waals surface area (Å²) in [5, 5.41) is 2.70.